The van der Waals surface area contributed by atoms with Crippen LogP contribution in [0, 0.1) is 0 Å². The first-order valence-electron chi connectivity index (χ1n) is 7.57. The van der Waals surface area contributed by atoms with E-state index in [2.05, 4.69) is 0 Å². The molecule has 0 radical (unpaired) electrons. The van der Waals surface area contributed by atoms with Crippen LogP contribution in [0.5, 0.6) is 0 Å². The van der Waals surface area contributed by atoms with Gasteiger partial charge in [0.1, 0.15) is 6.04 Å². The average Bonchev–Trinajstić information content (AvgIpc) is 2.75. The van der Waals surface area contributed by atoms with Crippen LogP contribution in [0.3, 0.4) is 0 Å². The second-order valence-corrected chi connectivity index (χ2v) is 4.20. The summed E-state index contributed by atoms with van der Waals surface area (Å²) in [6.45, 7) is 0. The smallest absolute Gasteiger partial charge is 0.262 e. The van der Waals surface area contributed by atoms with E-state index < -0.39 is 65.0 Å². The Labute approximate surface area is 121 Å². The first-order valence-corrected chi connectivity index (χ1v) is 5.57. The number of piperidine rings is 1. The van der Waals surface area contributed by atoms with Crippen molar-refractivity contribution in [2.45, 2.75) is 26.3 Å². The van der Waals surface area contributed by atoms with Crippen molar-refractivity contribution in [1.82, 2.24) is 10.2 Å². The summed E-state index contributed by atoms with van der Waals surface area (Å²) in [6, 6.07) is -3.69. The highest BCUT2D eigenvalue weighted by Gasteiger charge is 2.44. The fourth-order valence-electron chi connectivity index (χ4n) is 2.18. The zero-order valence-electron chi connectivity index (χ0n) is 13.6. The van der Waals surface area contributed by atoms with Crippen LogP contribution >= 0.6 is 0 Å². The quantitative estimate of drug-likeness (QED) is 0.767. The lowest BCUT2D eigenvalue weighted by Gasteiger charge is -2.27. The van der Waals surface area contributed by atoms with Gasteiger partial charge in [0, 0.05) is 6.42 Å². The Bertz CT molecular complexity index is 762. The largest absolute Gasteiger partial charge is 0.295 e. The molecule has 6 nitrogen and oxygen atoms in total. The van der Waals surface area contributed by atoms with E-state index in [4.69, 9.17) is 5.48 Å². The van der Waals surface area contributed by atoms with Gasteiger partial charge < -0.3 is 0 Å². The summed E-state index contributed by atoms with van der Waals surface area (Å²) in [5, 5.41) is 2.03. The van der Waals surface area contributed by atoms with Crippen molar-refractivity contribution >= 4 is 23.6 Å². The molecule has 1 aromatic rings. The number of nitrogens with one attached hydrogen (secondary N) is 1. The summed E-state index contributed by atoms with van der Waals surface area (Å²) in [4.78, 5) is 48.6. The summed E-state index contributed by atoms with van der Waals surface area (Å²) in [6.07, 6.45) is -0.0864. The molecule has 1 fully saturated rings. The maximum atomic E-state index is 12.5. The van der Waals surface area contributed by atoms with Crippen LogP contribution in [-0.2, 0) is 9.59 Å². The number of nitrogens with zero attached hydrogens (tertiary/aromatic N) is 1. The molecule has 1 aromatic carbocycles. The third kappa shape index (κ3) is 1.89. The van der Waals surface area contributed by atoms with Gasteiger partial charge in [-0.15, -0.1) is 0 Å². The van der Waals surface area contributed by atoms with Crippen molar-refractivity contribution in [2.24, 2.45) is 0 Å². The standard InChI is InChI=1S/C13H10N2O4.CH4/c16-10-6-5-9(11(17)14-10)15-12(18)7-3-1-2-4-8(7)13(15)19;/h1-4,9H,5-6H2,(H,14,16,17);1H4/i1D,2D,3D,4D;. The van der Waals surface area contributed by atoms with Crippen molar-refractivity contribution in [3.63, 3.8) is 0 Å². The molecule has 2 heterocycles. The molecular weight excluding hydrogens is 260 g/mol. The molecule has 2 aliphatic rings. The molecule has 0 bridgehead atoms. The van der Waals surface area contributed by atoms with Gasteiger partial charge in [-0.25, -0.2) is 0 Å². The summed E-state index contributed by atoms with van der Waals surface area (Å²) >= 11 is 0. The molecule has 20 heavy (non-hydrogen) atoms. The minimum Gasteiger partial charge on any atom is -0.295 e. The lowest BCUT2D eigenvalue weighted by molar-refractivity contribution is -0.136. The third-order valence-corrected chi connectivity index (χ3v) is 3.07. The highest BCUT2D eigenvalue weighted by Crippen LogP contribution is 2.26. The summed E-state index contributed by atoms with van der Waals surface area (Å²) in [5.74, 6) is -3.21. The third-order valence-electron chi connectivity index (χ3n) is 3.07. The molecule has 0 spiro atoms. The van der Waals surface area contributed by atoms with E-state index in [0.29, 0.717) is 4.90 Å². The van der Waals surface area contributed by atoms with Crippen molar-refractivity contribution in [2.75, 3.05) is 0 Å². The summed E-state index contributed by atoms with van der Waals surface area (Å²) < 4.78 is 30.7. The number of rotatable bonds is 1. The van der Waals surface area contributed by atoms with Gasteiger partial charge in [-0.05, 0) is 18.5 Å². The topological polar surface area (TPSA) is 83.6 Å². The van der Waals surface area contributed by atoms with Gasteiger partial charge in [-0.1, -0.05) is 19.5 Å². The SMILES string of the molecule is C.[2H]c1c([2H])c([2H])c2c(c1[2H])C(=O)N(C1CCC(=O)NC1=O)C2=O. The van der Waals surface area contributed by atoms with Crippen LogP contribution in [0.2, 0.25) is 0 Å². The van der Waals surface area contributed by atoms with E-state index in [1.165, 1.54) is 0 Å². The number of carbonyl (C=O) groups excluding carboxylic acids is 4. The molecule has 2 aliphatic heterocycles. The van der Waals surface area contributed by atoms with E-state index in [1.807, 2.05) is 5.32 Å². The van der Waals surface area contributed by atoms with Crippen molar-refractivity contribution in [3.05, 3.63) is 35.3 Å². The van der Waals surface area contributed by atoms with Crippen molar-refractivity contribution in [1.29, 1.82) is 0 Å². The lowest BCUT2D eigenvalue weighted by Crippen LogP contribution is -2.54. The summed E-state index contributed by atoms with van der Waals surface area (Å²) in [5.41, 5.74) is -0.878. The molecule has 3 rings (SSSR count). The highest BCUT2D eigenvalue weighted by molar-refractivity contribution is 6.23. The van der Waals surface area contributed by atoms with Crippen LogP contribution in [0.15, 0.2) is 24.2 Å². The van der Waals surface area contributed by atoms with Gasteiger partial charge in [-0.2, -0.15) is 0 Å². The van der Waals surface area contributed by atoms with E-state index in [9.17, 15) is 19.2 Å². The van der Waals surface area contributed by atoms with Crippen molar-refractivity contribution in [3.8, 4) is 0 Å². The number of benzene rings is 1. The number of hydrogen-bond acceptors (Lipinski definition) is 4. The zero-order valence-corrected chi connectivity index (χ0v) is 9.57. The molecule has 1 unspecified atom stereocenters. The Morgan fingerprint density at radius 1 is 1.10 bits per heavy atom. The molecule has 0 saturated carbocycles. The molecule has 0 aliphatic carbocycles. The Morgan fingerprint density at radius 2 is 1.65 bits per heavy atom. The number of amides is 4. The minimum atomic E-state index is -1.21. The first kappa shape index (κ1) is 9.41. The lowest BCUT2D eigenvalue weighted by atomic mass is 10.0. The van der Waals surface area contributed by atoms with Gasteiger partial charge >= 0.3 is 0 Å². The van der Waals surface area contributed by atoms with Gasteiger partial charge in [0.25, 0.3) is 11.8 Å². The van der Waals surface area contributed by atoms with Crippen LogP contribution in [0.4, 0.5) is 0 Å². The van der Waals surface area contributed by atoms with Gasteiger partial charge in [0.05, 0.1) is 16.6 Å². The molecular formula is C14H14N2O4. The predicted molar refractivity (Wildman–Crippen MR) is 69.8 cm³/mol. The molecule has 1 saturated heterocycles. The van der Waals surface area contributed by atoms with Crippen LogP contribution in [0.1, 0.15) is 46.5 Å². The second-order valence-electron chi connectivity index (χ2n) is 4.20. The molecule has 1 N–H and O–H groups in total. The molecule has 104 valence electrons. The van der Waals surface area contributed by atoms with Crippen LogP contribution in [0.25, 0.3) is 0 Å². The fraction of sp³-hybridized carbons (Fsp3) is 0.286. The first-order chi connectivity index (χ1) is 10.8. The van der Waals surface area contributed by atoms with E-state index in [-0.39, 0.29) is 20.3 Å². The van der Waals surface area contributed by atoms with E-state index >= 15 is 0 Å². The number of carbonyl (C=O) groups is 4. The minimum absolute atomic E-state index is 0. The van der Waals surface area contributed by atoms with Gasteiger partial charge in [0.2, 0.25) is 11.8 Å². The van der Waals surface area contributed by atoms with E-state index in [0.717, 1.165) is 0 Å². The Balaban J connectivity index is 0.00000208. The molecule has 6 heteroatoms. The molecule has 1 atom stereocenters. The zero-order chi connectivity index (χ0) is 17.0. The Kier molecular flexibility index (Phi) is 2.30. The highest BCUT2D eigenvalue weighted by atomic mass is 16.2. The fourth-order valence-corrected chi connectivity index (χ4v) is 2.18. The van der Waals surface area contributed by atoms with Gasteiger partial charge in [-0.3, -0.25) is 29.4 Å². The Morgan fingerprint density at radius 3 is 2.15 bits per heavy atom. The Hall–Kier alpha value is -2.50. The number of imide groups is 2. The molecule has 4 amide bonds. The maximum absolute atomic E-state index is 12.5. The van der Waals surface area contributed by atoms with E-state index in [1.54, 1.807) is 0 Å². The maximum Gasteiger partial charge on any atom is 0.262 e. The predicted octanol–water partition coefficient (Wildman–Crippen LogP) is 0.724. The number of hydrogen-bond donors (Lipinski definition) is 1. The number of fused-ring (bicyclic) bond motifs is 1. The molecule has 0 aromatic heterocycles. The normalized spacial score (nSPS) is 24.2. The van der Waals surface area contributed by atoms with Crippen molar-refractivity contribution < 1.29 is 24.7 Å². The monoisotopic (exact) mass is 278 g/mol. The van der Waals surface area contributed by atoms with Crippen LogP contribution in [-0.4, -0.2) is 34.6 Å². The second kappa shape index (κ2) is 4.88. The van der Waals surface area contributed by atoms with Crippen LogP contribution < -0.4 is 5.32 Å². The van der Waals surface area contributed by atoms with Gasteiger partial charge in [0.15, 0.2) is 0 Å². The average molecular weight is 278 g/mol. The summed E-state index contributed by atoms with van der Waals surface area (Å²) in [7, 11) is 0.